The highest BCUT2D eigenvalue weighted by Gasteiger charge is 2.30. The van der Waals surface area contributed by atoms with Crippen LogP contribution in [0, 0.1) is 6.92 Å². The molecule has 0 spiro atoms. The van der Waals surface area contributed by atoms with Gasteiger partial charge in [-0.1, -0.05) is 61.3 Å². The molecule has 0 saturated carbocycles. The lowest BCUT2D eigenvalue weighted by Gasteiger charge is -2.32. The number of halogens is 2. The number of anilines is 1. The first kappa shape index (κ1) is 30.9. The molecule has 0 unspecified atom stereocenters. The van der Waals surface area contributed by atoms with Crippen LogP contribution in [-0.2, 0) is 26.2 Å². The number of para-hydroxylation sites is 1. The van der Waals surface area contributed by atoms with Gasteiger partial charge in [-0.05, 0) is 62.4 Å². The molecular formula is C27H37Cl2N3O4S. The van der Waals surface area contributed by atoms with Crippen molar-refractivity contribution in [2.45, 2.75) is 72.0 Å². The van der Waals surface area contributed by atoms with Crippen LogP contribution in [0.1, 0.15) is 57.6 Å². The Morgan fingerprint density at radius 2 is 1.73 bits per heavy atom. The maximum atomic E-state index is 13.5. The summed E-state index contributed by atoms with van der Waals surface area (Å²) >= 11 is 12.4. The first-order valence-electron chi connectivity index (χ1n) is 12.5. The number of hydrogen-bond acceptors (Lipinski definition) is 4. The third-order valence-electron chi connectivity index (χ3n) is 6.28. The molecule has 2 aromatic rings. The van der Waals surface area contributed by atoms with Crippen LogP contribution in [0.15, 0.2) is 42.5 Å². The van der Waals surface area contributed by atoms with E-state index < -0.39 is 16.1 Å². The molecule has 204 valence electrons. The molecule has 0 fully saturated rings. The first-order valence-corrected chi connectivity index (χ1v) is 15.1. The summed E-state index contributed by atoms with van der Waals surface area (Å²) in [6.45, 7) is 7.87. The number of carbonyl (C=O) groups excluding carboxylic acids is 2. The molecule has 0 aromatic heterocycles. The number of carbonyl (C=O) groups is 2. The van der Waals surface area contributed by atoms with Crippen molar-refractivity contribution in [2.24, 2.45) is 0 Å². The summed E-state index contributed by atoms with van der Waals surface area (Å²) in [5.41, 5.74) is 2.08. The lowest BCUT2D eigenvalue weighted by Crippen LogP contribution is -2.50. The second kappa shape index (κ2) is 14.0. The van der Waals surface area contributed by atoms with Crippen LogP contribution >= 0.6 is 23.2 Å². The van der Waals surface area contributed by atoms with E-state index in [1.165, 1.54) is 9.21 Å². The van der Waals surface area contributed by atoms with Crippen LogP contribution < -0.4 is 9.62 Å². The van der Waals surface area contributed by atoms with Crippen LogP contribution in [0.2, 0.25) is 10.0 Å². The molecule has 0 aliphatic heterocycles. The maximum absolute atomic E-state index is 13.5. The van der Waals surface area contributed by atoms with Gasteiger partial charge in [0.1, 0.15) is 6.04 Å². The molecule has 2 rings (SSSR count). The quantitative estimate of drug-likeness (QED) is 0.341. The maximum Gasteiger partial charge on any atom is 0.243 e. The lowest BCUT2D eigenvalue weighted by molar-refractivity contribution is -0.141. The van der Waals surface area contributed by atoms with Gasteiger partial charge >= 0.3 is 0 Å². The van der Waals surface area contributed by atoms with Crippen molar-refractivity contribution in [1.82, 2.24) is 10.2 Å². The van der Waals surface area contributed by atoms with E-state index >= 15 is 0 Å². The molecule has 10 heteroatoms. The Morgan fingerprint density at radius 1 is 1.05 bits per heavy atom. The fourth-order valence-corrected chi connectivity index (χ4v) is 5.51. The summed E-state index contributed by atoms with van der Waals surface area (Å²) in [6, 6.07) is 11.5. The zero-order chi connectivity index (χ0) is 27.8. The molecule has 0 saturated heterocycles. The largest absolute Gasteiger partial charge is 0.352 e. The van der Waals surface area contributed by atoms with Crippen LogP contribution in [0.25, 0.3) is 0 Å². The minimum Gasteiger partial charge on any atom is -0.352 e. The zero-order valence-corrected chi connectivity index (χ0v) is 24.5. The Kier molecular flexibility index (Phi) is 11.7. The van der Waals surface area contributed by atoms with Crippen molar-refractivity contribution in [2.75, 3.05) is 17.1 Å². The first-order chi connectivity index (χ1) is 17.4. The van der Waals surface area contributed by atoms with Crippen molar-refractivity contribution in [3.05, 3.63) is 63.6 Å². The van der Waals surface area contributed by atoms with E-state index in [9.17, 15) is 18.0 Å². The smallest absolute Gasteiger partial charge is 0.243 e. The van der Waals surface area contributed by atoms with E-state index in [4.69, 9.17) is 23.2 Å². The Bertz CT molecular complexity index is 1190. The molecule has 0 radical (unpaired) electrons. The summed E-state index contributed by atoms with van der Waals surface area (Å²) in [5.74, 6) is -0.483. The molecule has 0 heterocycles. The van der Waals surface area contributed by atoms with Gasteiger partial charge in [0, 0.05) is 35.6 Å². The minimum absolute atomic E-state index is 0.0324. The van der Waals surface area contributed by atoms with Gasteiger partial charge in [-0.3, -0.25) is 13.9 Å². The van der Waals surface area contributed by atoms with Crippen LogP contribution in [0.3, 0.4) is 0 Å². The highest BCUT2D eigenvalue weighted by molar-refractivity contribution is 7.92. The predicted octanol–water partition coefficient (Wildman–Crippen LogP) is 5.57. The average Bonchev–Trinajstić information content (AvgIpc) is 2.82. The van der Waals surface area contributed by atoms with Gasteiger partial charge in [-0.2, -0.15) is 0 Å². The number of aryl methyl sites for hydroxylation is 1. The molecule has 0 aliphatic rings. The monoisotopic (exact) mass is 569 g/mol. The van der Waals surface area contributed by atoms with Crippen molar-refractivity contribution in [3.63, 3.8) is 0 Å². The molecule has 2 amide bonds. The van der Waals surface area contributed by atoms with Gasteiger partial charge in [0.05, 0.1) is 11.9 Å². The number of sulfonamides is 1. The highest BCUT2D eigenvalue weighted by atomic mass is 35.5. The lowest BCUT2D eigenvalue weighted by atomic mass is 10.1. The standard InChI is InChI=1S/C27H37Cl2N3O4S/c1-6-20(4)30-27(34)24(7-2)31(18-21-14-15-22(28)17-23(21)29)26(33)13-10-16-32(37(5,35)36)25-12-9-8-11-19(25)3/h8-9,11-12,14-15,17,20,24H,6-7,10,13,16,18H2,1-5H3,(H,30,34)/t20-,24-/m0/s1. The van der Waals surface area contributed by atoms with E-state index in [0.29, 0.717) is 27.7 Å². The number of hydrogen-bond donors (Lipinski definition) is 1. The number of nitrogens with zero attached hydrogens (tertiary/aromatic N) is 2. The minimum atomic E-state index is -3.55. The van der Waals surface area contributed by atoms with Crippen molar-refractivity contribution in [3.8, 4) is 0 Å². The van der Waals surface area contributed by atoms with Crippen LogP contribution in [0.4, 0.5) is 5.69 Å². The predicted molar refractivity (Wildman–Crippen MR) is 152 cm³/mol. The summed E-state index contributed by atoms with van der Waals surface area (Å²) in [4.78, 5) is 28.2. The third-order valence-corrected chi connectivity index (χ3v) is 8.05. The molecule has 0 aliphatic carbocycles. The second-order valence-electron chi connectivity index (χ2n) is 9.22. The average molecular weight is 571 g/mol. The Hall–Kier alpha value is -2.29. The van der Waals surface area contributed by atoms with E-state index in [-0.39, 0.29) is 43.8 Å². The van der Waals surface area contributed by atoms with Gasteiger partial charge in [0.2, 0.25) is 21.8 Å². The fraction of sp³-hybridized carbons (Fsp3) is 0.481. The highest BCUT2D eigenvalue weighted by Crippen LogP contribution is 2.25. The van der Waals surface area contributed by atoms with Crippen LogP contribution in [0.5, 0.6) is 0 Å². The third kappa shape index (κ3) is 8.90. The van der Waals surface area contributed by atoms with Crippen molar-refractivity contribution >= 4 is 50.7 Å². The molecular weight excluding hydrogens is 533 g/mol. The molecule has 1 N–H and O–H groups in total. The number of amides is 2. The zero-order valence-electron chi connectivity index (χ0n) is 22.1. The fourth-order valence-electron chi connectivity index (χ4n) is 4.02. The number of nitrogens with one attached hydrogen (secondary N) is 1. The topological polar surface area (TPSA) is 86.8 Å². The molecule has 2 atom stereocenters. The summed E-state index contributed by atoms with van der Waals surface area (Å²) in [7, 11) is -3.55. The summed E-state index contributed by atoms with van der Waals surface area (Å²) in [5, 5.41) is 3.86. The number of benzene rings is 2. The molecule has 2 aromatic carbocycles. The van der Waals surface area contributed by atoms with E-state index in [1.807, 2.05) is 39.8 Å². The normalized spacial score (nSPS) is 13.1. The Morgan fingerprint density at radius 3 is 2.30 bits per heavy atom. The van der Waals surface area contributed by atoms with Gasteiger partial charge in [0.15, 0.2) is 0 Å². The van der Waals surface area contributed by atoms with Gasteiger partial charge in [-0.25, -0.2) is 8.42 Å². The Labute approximate surface area is 231 Å². The van der Waals surface area contributed by atoms with Crippen LogP contribution in [-0.4, -0.2) is 50.0 Å². The van der Waals surface area contributed by atoms with Crippen molar-refractivity contribution in [1.29, 1.82) is 0 Å². The SMILES string of the molecule is CC[C@H](C)NC(=O)[C@H](CC)N(Cc1ccc(Cl)cc1Cl)C(=O)CCCN(c1ccccc1C)S(C)(=O)=O. The van der Waals surface area contributed by atoms with Gasteiger partial charge < -0.3 is 10.2 Å². The molecule has 37 heavy (non-hydrogen) atoms. The van der Waals surface area contributed by atoms with E-state index in [0.717, 1.165) is 18.2 Å². The Balaban J connectivity index is 2.27. The van der Waals surface area contributed by atoms with E-state index in [1.54, 1.807) is 30.3 Å². The summed E-state index contributed by atoms with van der Waals surface area (Å²) < 4.78 is 26.4. The second-order valence-corrected chi connectivity index (χ2v) is 12.0. The number of rotatable bonds is 13. The molecule has 7 nitrogen and oxygen atoms in total. The molecule has 0 bridgehead atoms. The summed E-state index contributed by atoms with van der Waals surface area (Å²) in [6.07, 6.45) is 2.68. The van der Waals surface area contributed by atoms with E-state index in [2.05, 4.69) is 5.32 Å². The van der Waals surface area contributed by atoms with Crippen molar-refractivity contribution < 1.29 is 18.0 Å². The van der Waals surface area contributed by atoms with Gasteiger partial charge in [-0.15, -0.1) is 0 Å². The van der Waals surface area contributed by atoms with Gasteiger partial charge in [0.25, 0.3) is 0 Å².